The lowest BCUT2D eigenvalue weighted by Gasteiger charge is -2.28. The van der Waals surface area contributed by atoms with Crippen molar-refractivity contribution in [3.63, 3.8) is 0 Å². The summed E-state index contributed by atoms with van der Waals surface area (Å²) in [7, 11) is 6.34. The number of methoxy groups -OCH3 is 5. The fraction of sp³-hybridized carbons (Fsp3) is 0.471. The Hall–Kier alpha value is -2.77. The first-order valence-electron chi connectivity index (χ1n) is 7.33. The van der Waals surface area contributed by atoms with Crippen molar-refractivity contribution in [2.45, 2.75) is 12.8 Å². The number of esters is 3. The normalized spacial score (nSPS) is 10.6. The number of benzene rings is 1. The molecule has 0 aliphatic rings. The molecule has 0 spiro atoms. The van der Waals surface area contributed by atoms with Crippen molar-refractivity contribution in [2.24, 2.45) is 5.41 Å². The highest BCUT2D eigenvalue weighted by Gasteiger charge is 2.51. The van der Waals surface area contributed by atoms with Gasteiger partial charge in [0, 0.05) is 6.42 Å². The molecule has 0 saturated carbocycles. The Kier molecular flexibility index (Phi) is 7.22. The number of hydrogen-bond donors (Lipinski definition) is 0. The number of rotatable bonds is 8. The lowest BCUT2D eigenvalue weighted by atomic mass is 9.78. The van der Waals surface area contributed by atoms with Gasteiger partial charge in [0.1, 0.15) is 11.5 Å². The number of carbonyl (C=O) groups is 3. The molecule has 25 heavy (non-hydrogen) atoms. The van der Waals surface area contributed by atoms with E-state index in [0.29, 0.717) is 17.1 Å². The molecule has 0 N–H and O–H groups in total. The van der Waals surface area contributed by atoms with Crippen LogP contribution in [0.5, 0.6) is 11.5 Å². The van der Waals surface area contributed by atoms with E-state index in [1.165, 1.54) is 14.2 Å². The van der Waals surface area contributed by atoms with E-state index in [4.69, 9.17) is 18.9 Å². The summed E-state index contributed by atoms with van der Waals surface area (Å²) < 4.78 is 24.6. The Bertz CT molecular complexity index is 622. The number of ether oxygens (including phenoxy) is 5. The van der Waals surface area contributed by atoms with Crippen molar-refractivity contribution in [3.05, 3.63) is 23.8 Å². The van der Waals surface area contributed by atoms with Crippen LogP contribution in [-0.4, -0.2) is 53.5 Å². The third kappa shape index (κ3) is 4.40. The zero-order chi connectivity index (χ0) is 19.0. The van der Waals surface area contributed by atoms with E-state index in [1.54, 1.807) is 18.2 Å². The minimum absolute atomic E-state index is 0.193. The van der Waals surface area contributed by atoms with Gasteiger partial charge in [-0.1, -0.05) is 0 Å². The van der Waals surface area contributed by atoms with Gasteiger partial charge in [0.2, 0.25) is 0 Å². The lowest BCUT2D eigenvalue weighted by Crippen LogP contribution is -2.45. The standard InChI is InChI=1S/C17H22O8/c1-21-12-6-7-13(22-2)11(8-12)9-17(15(19)24-4,16(20)25-5)10-14(18)23-3/h6-8H,9-10H2,1-5H3. The van der Waals surface area contributed by atoms with Crippen molar-refractivity contribution in [3.8, 4) is 11.5 Å². The molecule has 0 radical (unpaired) electrons. The molecule has 0 aliphatic heterocycles. The summed E-state index contributed by atoms with van der Waals surface area (Å²) in [6.07, 6.45) is -0.731. The summed E-state index contributed by atoms with van der Waals surface area (Å²) in [6.45, 7) is 0. The Labute approximate surface area is 145 Å². The maximum atomic E-state index is 12.4. The van der Waals surface area contributed by atoms with E-state index in [-0.39, 0.29) is 6.42 Å². The van der Waals surface area contributed by atoms with Crippen molar-refractivity contribution in [1.29, 1.82) is 0 Å². The van der Waals surface area contributed by atoms with E-state index in [9.17, 15) is 14.4 Å². The average Bonchev–Trinajstić information content (AvgIpc) is 2.65. The van der Waals surface area contributed by atoms with Gasteiger partial charge in [-0.2, -0.15) is 0 Å². The number of hydrogen-bond acceptors (Lipinski definition) is 8. The fourth-order valence-electron chi connectivity index (χ4n) is 2.49. The fourth-order valence-corrected chi connectivity index (χ4v) is 2.49. The van der Waals surface area contributed by atoms with E-state index in [2.05, 4.69) is 4.74 Å². The molecule has 0 aliphatic carbocycles. The summed E-state index contributed by atoms with van der Waals surface area (Å²) >= 11 is 0. The van der Waals surface area contributed by atoms with Crippen LogP contribution in [0.15, 0.2) is 18.2 Å². The molecule has 0 aromatic heterocycles. The SMILES string of the molecule is COC(=O)CC(Cc1cc(OC)ccc1OC)(C(=O)OC)C(=O)OC. The predicted molar refractivity (Wildman–Crippen MR) is 86.3 cm³/mol. The molecule has 8 nitrogen and oxygen atoms in total. The van der Waals surface area contributed by atoms with Gasteiger partial charge in [-0.25, -0.2) is 0 Å². The molecule has 0 saturated heterocycles. The maximum absolute atomic E-state index is 12.4. The predicted octanol–water partition coefficient (Wildman–Crippen LogP) is 1.14. The van der Waals surface area contributed by atoms with Gasteiger partial charge in [0.05, 0.1) is 42.0 Å². The Morgan fingerprint density at radius 3 is 1.92 bits per heavy atom. The number of carbonyl (C=O) groups excluding carboxylic acids is 3. The topological polar surface area (TPSA) is 97.4 Å². The average molecular weight is 354 g/mol. The zero-order valence-corrected chi connectivity index (χ0v) is 14.9. The molecule has 0 fully saturated rings. The van der Waals surface area contributed by atoms with Crippen LogP contribution >= 0.6 is 0 Å². The van der Waals surface area contributed by atoms with Gasteiger partial charge >= 0.3 is 17.9 Å². The molecule has 0 bridgehead atoms. The van der Waals surface area contributed by atoms with Crippen LogP contribution in [-0.2, 0) is 35.0 Å². The second-order valence-electron chi connectivity index (χ2n) is 5.17. The molecule has 8 heteroatoms. The van der Waals surface area contributed by atoms with Gasteiger partial charge in [0.15, 0.2) is 5.41 Å². The second-order valence-corrected chi connectivity index (χ2v) is 5.17. The molecule has 0 unspecified atom stereocenters. The molecule has 0 heterocycles. The largest absolute Gasteiger partial charge is 0.497 e. The summed E-state index contributed by atoms with van der Waals surface area (Å²) in [4.78, 5) is 36.7. The quantitative estimate of drug-likeness (QED) is 0.389. The first kappa shape index (κ1) is 20.3. The minimum Gasteiger partial charge on any atom is -0.497 e. The van der Waals surface area contributed by atoms with E-state index in [0.717, 1.165) is 21.3 Å². The molecular formula is C17H22O8. The van der Waals surface area contributed by atoms with E-state index < -0.39 is 29.7 Å². The van der Waals surface area contributed by atoms with E-state index in [1.807, 2.05) is 0 Å². The monoisotopic (exact) mass is 354 g/mol. The van der Waals surface area contributed by atoms with Crippen LogP contribution in [0.25, 0.3) is 0 Å². The Balaban J connectivity index is 3.48. The van der Waals surface area contributed by atoms with Crippen molar-refractivity contribution >= 4 is 17.9 Å². The summed E-state index contributed by atoms with van der Waals surface area (Å²) in [5, 5.41) is 0. The van der Waals surface area contributed by atoms with Gasteiger partial charge < -0.3 is 23.7 Å². The summed E-state index contributed by atoms with van der Waals surface area (Å²) in [6, 6.07) is 4.91. The molecule has 1 aromatic rings. The highest BCUT2D eigenvalue weighted by Crippen LogP contribution is 2.36. The molecule has 1 rings (SSSR count). The molecular weight excluding hydrogens is 332 g/mol. The molecule has 138 valence electrons. The smallest absolute Gasteiger partial charge is 0.324 e. The first-order valence-corrected chi connectivity index (χ1v) is 7.33. The van der Waals surface area contributed by atoms with Crippen molar-refractivity contribution in [1.82, 2.24) is 0 Å². The van der Waals surface area contributed by atoms with Crippen molar-refractivity contribution < 1.29 is 38.1 Å². The summed E-state index contributed by atoms with van der Waals surface area (Å²) in [5.74, 6) is -1.65. The molecule has 1 aromatic carbocycles. The third-order valence-corrected chi connectivity index (χ3v) is 3.81. The van der Waals surface area contributed by atoms with Gasteiger partial charge in [0.25, 0.3) is 0 Å². The van der Waals surface area contributed by atoms with Crippen molar-refractivity contribution in [2.75, 3.05) is 35.5 Å². The first-order chi connectivity index (χ1) is 11.9. The van der Waals surface area contributed by atoms with Crippen LogP contribution in [0.4, 0.5) is 0 Å². The molecule has 0 amide bonds. The Morgan fingerprint density at radius 2 is 1.48 bits per heavy atom. The second kappa shape index (κ2) is 8.91. The van der Waals surface area contributed by atoms with Gasteiger partial charge in [-0.05, 0) is 23.8 Å². The van der Waals surface area contributed by atoms with Crippen LogP contribution in [0.1, 0.15) is 12.0 Å². The van der Waals surface area contributed by atoms with Crippen LogP contribution < -0.4 is 9.47 Å². The third-order valence-electron chi connectivity index (χ3n) is 3.81. The van der Waals surface area contributed by atoms with Crippen LogP contribution in [0.3, 0.4) is 0 Å². The zero-order valence-electron chi connectivity index (χ0n) is 14.9. The maximum Gasteiger partial charge on any atom is 0.324 e. The lowest BCUT2D eigenvalue weighted by molar-refractivity contribution is -0.174. The summed E-state index contributed by atoms with van der Waals surface area (Å²) in [5.41, 5.74) is -1.43. The Morgan fingerprint density at radius 1 is 0.880 bits per heavy atom. The minimum atomic E-state index is -1.91. The van der Waals surface area contributed by atoms with Crippen LogP contribution in [0.2, 0.25) is 0 Å². The molecule has 0 atom stereocenters. The van der Waals surface area contributed by atoms with E-state index >= 15 is 0 Å². The van der Waals surface area contributed by atoms with Gasteiger partial charge in [-0.15, -0.1) is 0 Å². The highest BCUT2D eigenvalue weighted by molar-refractivity contribution is 6.03. The van der Waals surface area contributed by atoms with Crippen LogP contribution in [0, 0.1) is 5.41 Å². The highest BCUT2D eigenvalue weighted by atomic mass is 16.5. The van der Waals surface area contributed by atoms with Gasteiger partial charge in [-0.3, -0.25) is 14.4 Å².